The van der Waals surface area contributed by atoms with Gasteiger partial charge in [-0.1, -0.05) is 44.2 Å². The predicted octanol–water partition coefficient (Wildman–Crippen LogP) is 3.57. The molecule has 21 heavy (non-hydrogen) atoms. The van der Waals surface area contributed by atoms with Crippen LogP contribution in [0.4, 0.5) is 11.6 Å². The maximum Gasteiger partial charge on any atom is 0.134 e. The molecule has 2 aromatic rings. The maximum atomic E-state index is 4.35. The van der Waals surface area contributed by atoms with E-state index in [0.717, 1.165) is 31.1 Å². The molecule has 112 valence electrons. The van der Waals surface area contributed by atoms with E-state index in [4.69, 9.17) is 0 Å². The second-order valence-corrected chi connectivity index (χ2v) is 5.71. The maximum absolute atomic E-state index is 4.35. The van der Waals surface area contributed by atoms with E-state index in [-0.39, 0.29) is 0 Å². The van der Waals surface area contributed by atoms with Crippen LogP contribution >= 0.6 is 0 Å². The van der Waals surface area contributed by atoms with Gasteiger partial charge >= 0.3 is 0 Å². The minimum Gasteiger partial charge on any atom is -0.370 e. The van der Waals surface area contributed by atoms with Gasteiger partial charge in [-0.3, -0.25) is 0 Å². The second kappa shape index (κ2) is 7.62. The molecule has 0 spiro atoms. The van der Waals surface area contributed by atoms with Gasteiger partial charge in [0.05, 0.1) is 0 Å². The Labute approximate surface area is 127 Å². The summed E-state index contributed by atoms with van der Waals surface area (Å²) in [6, 6.07) is 12.4. The van der Waals surface area contributed by atoms with Crippen molar-refractivity contribution >= 4 is 11.6 Å². The van der Waals surface area contributed by atoms with Crippen molar-refractivity contribution in [3.05, 3.63) is 48.3 Å². The van der Waals surface area contributed by atoms with Crippen LogP contribution < -0.4 is 10.2 Å². The van der Waals surface area contributed by atoms with Gasteiger partial charge in [-0.05, 0) is 17.9 Å². The summed E-state index contributed by atoms with van der Waals surface area (Å²) in [4.78, 5) is 10.8. The van der Waals surface area contributed by atoms with Crippen LogP contribution in [0, 0.1) is 5.92 Å². The Hall–Kier alpha value is -2.10. The lowest BCUT2D eigenvalue weighted by Crippen LogP contribution is -2.18. The Morgan fingerprint density at radius 1 is 1.14 bits per heavy atom. The van der Waals surface area contributed by atoms with Gasteiger partial charge in [0.2, 0.25) is 0 Å². The zero-order valence-corrected chi connectivity index (χ0v) is 13.1. The normalized spacial score (nSPS) is 10.7. The van der Waals surface area contributed by atoms with Crippen LogP contribution in [0.1, 0.15) is 25.8 Å². The number of hydrogen-bond donors (Lipinski definition) is 1. The van der Waals surface area contributed by atoms with Crippen LogP contribution in [-0.2, 0) is 6.54 Å². The number of nitrogens with one attached hydrogen (secondary N) is 1. The highest BCUT2D eigenvalue weighted by atomic mass is 15.2. The van der Waals surface area contributed by atoms with Crippen LogP contribution in [-0.4, -0.2) is 23.6 Å². The van der Waals surface area contributed by atoms with Gasteiger partial charge in [-0.25, -0.2) is 9.97 Å². The molecule has 4 heteroatoms. The Morgan fingerprint density at radius 2 is 1.90 bits per heavy atom. The first kappa shape index (κ1) is 15.3. The predicted molar refractivity (Wildman–Crippen MR) is 88.5 cm³/mol. The fourth-order valence-corrected chi connectivity index (χ4v) is 2.08. The lowest BCUT2D eigenvalue weighted by atomic mass is 10.1. The van der Waals surface area contributed by atoms with Gasteiger partial charge in [0.15, 0.2) is 0 Å². The van der Waals surface area contributed by atoms with Crippen LogP contribution in [0.25, 0.3) is 0 Å². The van der Waals surface area contributed by atoms with Crippen molar-refractivity contribution in [1.82, 2.24) is 9.97 Å². The zero-order valence-electron chi connectivity index (χ0n) is 13.1. The molecule has 0 fully saturated rings. The summed E-state index contributed by atoms with van der Waals surface area (Å²) in [5, 5.41) is 3.36. The molecule has 0 bridgehead atoms. The van der Waals surface area contributed by atoms with Gasteiger partial charge in [0.25, 0.3) is 0 Å². The van der Waals surface area contributed by atoms with Gasteiger partial charge in [0, 0.05) is 26.2 Å². The number of hydrogen-bond acceptors (Lipinski definition) is 4. The van der Waals surface area contributed by atoms with Crippen molar-refractivity contribution < 1.29 is 0 Å². The van der Waals surface area contributed by atoms with E-state index in [0.29, 0.717) is 5.92 Å². The van der Waals surface area contributed by atoms with E-state index in [1.165, 1.54) is 5.56 Å². The standard InChI is InChI=1S/C17H24N4/c1-14(2)9-10-18-16-11-17(20-13-19-16)21(3)12-15-7-5-4-6-8-15/h4-8,11,13-14H,9-10,12H2,1-3H3,(H,18,19,20). The summed E-state index contributed by atoms with van der Waals surface area (Å²) in [6.45, 7) is 6.22. The van der Waals surface area contributed by atoms with E-state index in [1.807, 2.05) is 19.2 Å². The van der Waals surface area contributed by atoms with E-state index < -0.39 is 0 Å². The third-order valence-electron chi connectivity index (χ3n) is 3.33. The highest BCUT2D eigenvalue weighted by Gasteiger charge is 2.05. The largest absolute Gasteiger partial charge is 0.370 e. The SMILES string of the molecule is CC(C)CCNc1cc(N(C)Cc2ccccc2)ncn1. The quantitative estimate of drug-likeness (QED) is 0.844. The molecule has 0 atom stereocenters. The smallest absolute Gasteiger partial charge is 0.134 e. The summed E-state index contributed by atoms with van der Waals surface area (Å²) in [5.41, 5.74) is 1.27. The molecule has 0 radical (unpaired) electrons. The number of benzene rings is 1. The highest BCUT2D eigenvalue weighted by molar-refractivity contribution is 5.48. The molecule has 2 rings (SSSR count). The average Bonchev–Trinajstić information content (AvgIpc) is 2.48. The molecule has 0 aliphatic carbocycles. The molecule has 0 saturated carbocycles. The molecule has 0 saturated heterocycles. The summed E-state index contributed by atoms with van der Waals surface area (Å²) < 4.78 is 0. The minimum absolute atomic E-state index is 0.694. The van der Waals surface area contributed by atoms with E-state index in [2.05, 4.69) is 58.3 Å². The molecule has 1 aromatic heterocycles. The van der Waals surface area contributed by atoms with Crippen molar-refractivity contribution in [3.8, 4) is 0 Å². The van der Waals surface area contributed by atoms with Crippen molar-refractivity contribution in [1.29, 1.82) is 0 Å². The Kier molecular flexibility index (Phi) is 5.55. The van der Waals surface area contributed by atoms with E-state index in [1.54, 1.807) is 6.33 Å². The van der Waals surface area contributed by atoms with Crippen LogP contribution in [0.3, 0.4) is 0 Å². The Bertz CT molecular complexity index is 539. The third-order valence-corrected chi connectivity index (χ3v) is 3.33. The molecule has 4 nitrogen and oxygen atoms in total. The van der Waals surface area contributed by atoms with Gasteiger partial charge in [-0.2, -0.15) is 0 Å². The second-order valence-electron chi connectivity index (χ2n) is 5.71. The zero-order chi connectivity index (χ0) is 15.1. The van der Waals surface area contributed by atoms with Crippen molar-refractivity contribution in [2.24, 2.45) is 5.92 Å². The summed E-state index contributed by atoms with van der Waals surface area (Å²) >= 11 is 0. The lowest BCUT2D eigenvalue weighted by molar-refractivity contribution is 0.606. The molecule has 1 N–H and O–H groups in total. The number of rotatable bonds is 7. The van der Waals surface area contributed by atoms with Gasteiger partial charge in [0.1, 0.15) is 18.0 Å². The fourth-order valence-electron chi connectivity index (χ4n) is 2.08. The number of anilines is 2. The molecule has 1 heterocycles. The van der Waals surface area contributed by atoms with Crippen LogP contribution in [0.2, 0.25) is 0 Å². The van der Waals surface area contributed by atoms with Crippen molar-refractivity contribution in [3.63, 3.8) is 0 Å². The molecular formula is C17H24N4. The van der Waals surface area contributed by atoms with Gasteiger partial charge in [-0.15, -0.1) is 0 Å². The first-order valence-corrected chi connectivity index (χ1v) is 7.46. The molecule has 1 aromatic carbocycles. The Balaban J connectivity index is 1.96. The van der Waals surface area contributed by atoms with E-state index in [9.17, 15) is 0 Å². The molecule has 0 amide bonds. The molecule has 0 aliphatic heterocycles. The highest BCUT2D eigenvalue weighted by Crippen LogP contribution is 2.15. The molecule has 0 aliphatic rings. The average molecular weight is 284 g/mol. The van der Waals surface area contributed by atoms with Crippen LogP contribution in [0.5, 0.6) is 0 Å². The first-order valence-electron chi connectivity index (χ1n) is 7.46. The monoisotopic (exact) mass is 284 g/mol. The van der Waals surface area contributed by atoms with E-state index >= 15 is 0 Å². The summed E-state index contributed by atoms with van der Waals surface area (Å²) in [5.74, 6) is 2.51. The molecular weight excluding hydrogens is 260 g/mol. The number of nitrogens with zero attached hydrogens (tertiary/aromatic N) is 3. The van der Waals surface area contributed by atoms with Gasteiger partial charge < -0.3 is 10.2 Å². The summed E-state index contributed by atoms with van der Waals surface area (Å²) in [6.07, 6.45) is 2.76. The molecule has 0 unspecified atom stereocenters. The van der Waals surface area contributed by atoms with Crippen molar-refractivity contribution in [2.75, 3.05) is 23.8 Å². The Morgan fingerprint density at radius 3 is 2.62 bits per heavy atom. The fraction of sp³-hybridized carbons (Fsp3) is 0.412. The lowest BCUT2D eigenvalue weighted by Gasteiger charge is -2.18. The minimum atomic E-state index is 0.694. The number of aromatic nitrogens is 2. The summed E-state index contributed by atoms with van der Waals surface area (Å²) in [7, 11) is 2.05. The first-order chi connectivity index (χ1) is 10.1. The third kappa shape index (κ3) is 5.06. The topological polar surface area (TPSA) is 41.0 Å². The van der Waals surface area contributed by atoms with Crippen molar-refractivity contribution in [2.45, 2.75) is 26.8 Å². The van der Waals surface area contributed by atoms with Crippen LogP contribution in [0.15, 0.2) is 42.7 Å².